The maximum atomic E-state index is 4.70. The molecule has 0 amide bonds. The molecule has 112 valence electrons. The van der Waals surface area contributed by atoms with Gasteiger partial charge in [-0.05, 0) is 44.7 Å². The van der Waals surface area contributed by atoms with E-state index in [1.165, 1.54) is 36.8 Å². The first kappa shape index (κ1) is 14.2. The maximum Gasteiger partial charge on any atom is 0.203 e. The third-order valence-corrected chi connectivity index (χ3v) is 4.60. The molecule has 0 radical (unpaired) electrons. The fourth-order valence-corrected chi connectivity index (χ4v) is 3.38. The molecule has 1 aromatic heterocycles. The normalized spacial score (nSPS) is 17.1. The van der Waals surface area contributed by atoms with Crippen LogP contribution in [0.1, 0.15) is 55.5 Å². The second-order valence-corrected chi connectivity index (χ2v) is 6.27. The molecule has 2 aromatic rings. The SMILES string of the molecule is Cc1cn(C(C)c2ccccc2C)c(NC2CCCC2)n1. The molecule has 1 aliphatic carbocycles. The highest BCUT2D eigenvalue weighted by molar-refractivity contribution is 5.36. The Morgan fingerprint density at radius 1 is 1.19 bits per heavy atom. The molecule has 1 atom stereocenters. The summed E-state index contributed by atoms with van der Waals surface area (Å²) in [5, 5.41) is 3.65. The lowest BCUT2D eigenvalue weighted by Crippen LogP contribution is -2.20. The van der Waals surface area contributed by atoms with E-state index in [4.69, 9.17) is 4.98 Å². The van der Waals surface area contributed by atoms with Gasteiger partial charge in [0.15, 0.2) is 0 Å². The summed E-state index contributed by atoms with van der Waals surface area (Å²) in [5.74, 6) is 1.02. The molecule has 1 saturated carbocycles. The number of aromatic nitrogens is 2. The third kappa shape index (κ3) is 2.97. The lowest BCUT2D eigenvalue weighted by molar-refractivity contribution is 0.627. The van der Waals surface area contributed by atoms with Crippen LogP contribution in [-0.4, -0.2) is 15.6 Å². The molecule has 1 heterocycles. The lowest BCUT2D eigenvalue weighted by atomic mass is 10.0. The van der Waals surface area contributed by atoms with E-state index in [2.05, 4.69) is 61.1 Å². The lowest BCUT2D eigenvalue weighted by Gasteiger charge is -2.21. The zero-order valence-corrected chi connectivity index (χ0v) is 13.3. The summed E-state index contributed by atoms with van der Waals surface area (Å²) in [6.07, 6.45) is 7.37. The molecule has 1 aromatic carbocycles. The van der Waals surface area contributed by atoms with Gasteiger partial charge in [0, 0.05) is 12.2 Å². The van der Waals surface area contributed by atoms with Gasteiger partial charge in [-0.25, -0.2) is 4.98 Å². The van der Waals surface area contributed by atoms with Crippen LogP contribution >= 0.6 is 0 Å². The van der Waals surface area contributed by atoms with Crippen molar-refractivity contribution in [2.24, 2.45) is 0 Å². The van der Waals surface area contributed by atoms with Crippen LogP contribution in [-0.2, 0) is 0 Å². The fourth-order valence-electron chi connectivity index (χ4n) is 3.38. The Hall–Kier alpha value is -1.77. The van der Waals surface area contributed by atoms with Crippen LogP contribution in [0.5, 0.6) is 0 Å². The number of hydrogen-bond acceptors (Lipinski definition) is 2. The van der Waals surface area contributed by atoms with Crippen molar-refractivity contribution in [2.45, 2.75) is 58.5 Å². The zero-order chi connectivity index (χ0) is 14.8. The van der Waals surface area contributed by atoms with Crippen LogP contribution in [0.15, 0.2) is 30.5 Å². The van der Waals surface area contributed by atoms with E-state index in [0.717, 1.165) is 11.6 Å². The predicted octanol–water partition coefficient (Wildman–Crippen LogP) is 4.46. The minimum absolute atomic E-state index is 0.302. The van der Waals surface area contributed by atoms with Crippen LogP contribution in [0.4, 0.5) is 5.95 Å². The largest absolute Gasteiger partial charge is 0.353 e. The number of imidazole rings is 1. The topological polar surface area (TPSA) is 29.9 Å². The Morgan fingerprint density at radius 2 is 1.90 bits per heavy atom. The summed E-state index contributed by atoms with van der Waals surface area (Å²) < 4.78 is 2.29. The Kier molecular flexibility index (Phi) is 4.00. The van der Waals surface area contributed by atoms with Crippen molar-refractivity contribution in [3.05, 3.63) is 47.3 Å². The smallest absolute Gasteiger partial charge is 0.203 e. The Bertz CT molecular complexity index is 609. The third-order valence-electron chi connectivity index (χ3n) is 4.60. The molecule has 3 nitrogen and oxygen atoms in total. The van der Waals surface area contributed by atoms with Crippen LogP contribution in [0.2, 0.25) is 0 Å². The molecule has 0 saturated heterocycles. The number of nitrogens with one attached hydrogen (secondary N) is 1. The van der Waals surface area contributed by atoms with Crippen molar-refractivity contribution in [3.8, 4) is 0 Å². The molecule has 3 rings (SSSR count). The molecule has 21 heavy (non-hydrogen) atoms. The molecule has 1 fully saturated rings. The van der Waals surface area contributed by atoms with Gasteiger partial charge >= 0.3 is 0 Å². The number of anilines is 1. The minimum Gasteiger partial charge on any atom is -0.353 e. The first-order valence-corrected chi connectivity index (χ1v) is 8.02. The number of hydrogen-bond donors (Lipinski definition) is 1. The van der Waals surface area contributed by atoms with Gasteiger partial charge in [0.2, 0.25) is 5.95 Å². The first-order valence-electron chi connectivity index (χ1n) is 8.02. The molecule has 1 N–H and O–H groups in total. The van der Waals surface area contributed by atoms with E-state index in [1.807, 2.05) is 0 Å². The van der Waals surface area contributed by atoms with Crippen molar-refractivity contribution in [2.75, 3.05) is 5.32 Å². The molecular formula is C18H25N3. The van der Waals surface area contributed by atoms with Crippen LogP contribution in [0.3, 0.4) is 0 Å². The van der Waals surface area contributed by atoms with E-state index in [9.17, 15) is 0 Å². The van der Waals surface area contributed by atoms with Gasteiger partial charge in [-0.3, -0.25) is 0 Å². The predicted molar refractivity (Wildman–Crippen MR) is 87.8 cm³/mol. The summed E-state index contributed by atoms with van der Waals surface area (Å²) in [7, 11) is 0. The number of aryl methyl sites for hydroxylation is 2. The zero-order valence-electron chi connectivity index (χ0n) is 13.3. The van der Waals surface area contributed by atoms with Crippen molar-refractivity contribution in [1.82, 2.24) is 9.55 Å². The van der Waals surface area contributed by atoms with E-state index >= 15 is 0 Å². The van der Waals surface area contributed by atoms with Crippen LogP contribution in [0.25, 0.3) is 0 Å². The van der Waals surface area contributed by atoms with E-state index in [1.54, 1.807) is 0 Å². The molecule has 3 heteroatoms. The minimum atomic E-state index is 0.302. The van der Waals surface area contributed by atoms with Gasteiger partial charge in [0.05, 0.1) is 11.7 Å². The fraction of sp³-hybridized carbons (Fsp3) is 0.500. The Balaban J connectivity index is 1.89. The Labute approximate surface area is 127 Å². The average molecular weight is 283 g/mol. The molecule has 0 spiro atoms. The number of nitrogens with zero attached hydrogens (tertiary/aromatic N) is 2. The Morgan fingerprint density at radius 3 is 2.62 bits per heavy atom. The van der Waals surface area contributed by atoms with E-state index in [-0.39, 0.29) is 0 Å². The number of rotatable bonds is 4. The van der Waals surface area contributed by atoms with Crippen molar-refractivity contribution in [3.63, 3.8) is 0 Å². The molecule has 1 unspecified atom stereocenters. The second-order valence-electron chi connectivity index (χ2n) is 6.27. The molecular weight excluding hydrogens is 258 g/mol. The van der Waals surface area contributed by atoms with Gasteiger partial charge in [-0.1, -0.05) is 37.1 Å². The van der Waals surface area contributed by atoms with Crippen molar-refractivity contribution in [1.29, 1.82) is 0 Å². The van der Waals surface area contributed by atoms with Crippen LogP contribution in [0, 0.1) is 13.8 Å². The summed E-state index contributed by atoms with van der Waals surface area (Å²) in [6.45, 7) is 6.50. The quantitative estimate of drug-likeness (QED) is 0.897. The standard InChI is InChI=1S/C18H25N3/c1-13-8-4-7-11-17(13)15(3)21-12-14(2)19-18(21)20-16-9-5-6-10-16/h4,7-8,11-12,15-16H,5-6,9-10H2,1-3H3,(H,19,20). The van der Waals surface area contributed by atoms with E-state index in [0.29, 0.717) is 12.1 Å². The van der Waals surface area contributed by atoms with Gasteiger partial charge in [0.25, 0.3) is 0 Å². The van der Waals surface area contributed by atoms with Crippen molar-refractivity contribution >= 4 is 5.95 Å². The van der Waals surface area contributed by atoms with E-state index < -0.39 is 0 Å². The monoisotopic (exact) mass is 283 g/mol. The highest BCUT2D eigenvalue weighted by Gasteiger charge is 2.20. The molecule has 1 aliphatic rings. The maximum absolute atomic E-state index is 4.70. The average Bonchev–Trinajstić information content (AvgIpc) is 3.09. The van der Waals surface area contributed by atoms with Gasteiger partial charge in [-0.15, -0.1) is 0 Å². The van der Waals surface area contributed by atoms with Gasteiger partial charge in [-0.2, -0.15) is 0 Å². The van der Waals surface area contributed by atoms with Gasteiger partial charge < -0.3 is 9.88 Å². The molecule has 0 aliphatic heterocycles. The summed E-state index contributed by atoms with van der Waals surface area (Å²) in [6, 6.07) is 9.51. The summed E-state index contributed by atoms with van der Waals surface area (Å²) >= 11 is 0. The van der Waals surface area contributed by atoms with Crippen molar-refractivity contribution < 1.29 is 0 Å². The highest BCUT2D eigenvalue weighted by atomic mass is 15.2. The summed E-state index contributed by atoms with van der Waals surface area (Å²) in [4.78, 5) is 4.70. The number of benzene rings is 1. The second kappa shape index (κ2) is 5.92. The summed E-state index contributed by atoms with van der Waals surface area (Å²) in [5.41, 5.74) is 3.78. The first-order chi connectivity index (χ1) is 10.1. The van der Waals surface area contributed by atoms with Gasteiger partial charge in [0.1, 0.15) is 0 Å². The highest BCUT2D eigenvalue weighted by Crippen LogP contribution is 2.27. The molecule has 0 bridgehead atoms. The van der Waals surface area contributed by atoms with Crippen LogP contribution < -0.4 is 5.32 Å².